The zero-order valence-electron chi connectivity index (χ0n) is 15.2. The monoisotopic (exact) mass is 412 g/mol. The van der Waals surface area contributed by atoms with Gasteiger partial charge in [0.25, 0.3) is 0 Å². The number of nitrogens with one attached hydrogen (secondary N) is 1. The van der Waals surface area contributed by atoms with Gasteiger partial charge in [0.1, 0.15) is 24.0 Å². The van der Waals surface area contributed by atoms with E-state index in [1.54, 1.807) is 51.2 Å². The van der Waals surface area contributed by atoms with Crippen LogP contribution in [-0.2, 0) is 22.6 Å². The maximum Gasteiger partial charge on any atom is 0.408 e. The minimum absolute atomic E-state index is 0.124. The van der Waals surface area contributed by atoms with E-state index in [9.17, 15) is 14.7 Å². The molecule has 1 unspecified atom stereocenters. The lowest BCUT2D eigenvalue weighted by molar-refractivity contribution is -0.139. The van der Waals surface area contributed by atoms with Gasteiger partial charge in [0.05, 0.1) is 4.88 Å². The molecule has 0 aliphatic rings. The van der Waals surface area contributed by atoms with E-state index in [1.807, 2.05) is 0 Å². The van der Waals surface area contributed by atoms with Crippen molar-refractivity contribution in [2.24, 2.45) is 0 Å². The van der Waals surface area contributed by atoms with Crippen LogP contribution in [-0.4, -0.2) is 33.8 Å². The Kier molecular flexibility index (Phi) is 7.04. The van der Waals surface area contributed by atoms with Gasteiger partial charge < -0.3 is 19.9 Å². The molecule has 2 N–H and O–H groups in total. The van der Waals surface area contributed by atoms with Gasteiger partial charge in [-0.1, -0.05) is 23.7 Å². The highest BCUT2D eigenvalue weighted by atomic mass is 35.5. The van der Waals surface area contributed by atoms with Gasteiger partial charge in [0, 0.05) is 12.6 Å². The number of aromatic nitrogens is 1. The molecule has 9 heteroatoms. The Morgan fingerprint density at radius 3 is 2.48 bits per heavy atom. The van der Waals surface area contributed by atoms with Crippen molar-refractivity contribution in [3.05, 3.63) is 45.4 Å². The number of thiazole rings is 1. The summed E-state index contributed by atoms with van der Waals surface area (Å²) in [4.78, 5) is 28.1. The van der Waals surface area contributed by atoms with Crippen LogP contribution < -0.4 is 10.1 Å². The summed E-state index contributed by atoms with van der Waals surface area (Å²) >= 11 is 7.12. The number of aliphatic carboxylic acids is 1. The van der Waals surface area contributed by atoms with Crippen molar-refractivity contribution in [3.63, 3.8) is 0 Å². The van der Waals surface area contributed by atoms with E-state index in [-0.39, 0.29) is 6.42 Å². The number of rotatable bonds is 7. The number of hydrogen-bond donors (Lipinski definition) is 2. The standard InChI is InChI=1S/C18H21ClN2O5S/c1-18(2,3)26-17(24)21-14(15(22)23)8-11-4-6-12(7-5-11)25-10-13-9-20-16(19)27-13/h4-7,9,14H,8,10H2,1-3H3,(H,21,24)(H,22,23). The Balaban J connectivity index is 1.91. The molecule has 0 spiro atoms. The van der Waals surface area contributed by atoms with Crippen molar-refractivity contribution in [3.8, 4) is 5.75 Å². The van der Waals surface area contributed by atoms with Gasteiger partial charge in [0.15, 0.2) is 4.47 Å². The number of amides is 1. The summed E-state index contributed by atoms with van der Waals surface area (Å²) in [7, 11) is 0. The molecule has 1 amide bonds. The Bertz CT molecular complexity index is 786. The first kappa shape index (κ1) is 21.0. The zero-order valence-corrected chi connectivity index (χ0v) is 16.8. The molecular weight excluding hydrogens is 392 g/mol. The molecule has 7 nitrogen and oxygen atoms in total. The van der Waals surface area contributed by atoms with E-state index in [0.717, 1.165) is 10.4 Å². The maximum atomic E-state index is 11.8. The van der Waals surface area contributed by atoms with Crippen molar-refractivity contribution in [2.75, 3.05) is 0 Å². The summed E-state index contributed by atoms with van der Waals surface area (Å²) in [6, 6.07) is 5.89. The van der Waals surface area contributed by atoms with Gasteiger partial charge in [-0.2, -0.15) is 0 Å². The molecule has 146 valence electrons. The molecule has 1 aromatic heterocycles. The first-order chi connectivity index (χ1) is 12.6. The average Bonchev–Trinajstić information content (AvgIpc) is 2.97. The fraction of sp³-hybridized carbons (Fsp3) is 0.389. The second-order valence-corrected chi connectivity index (χ2v) is 8.45. The van der Waals surface area contributed by atoms with Crippen LogP contribution in [0.2, 0.25) is 4.47 Å². The fourth-order valence-electron chi connectivity index (χ4n) is 2.11. The summed E-state index contributed by atoms with van der Waals surface area (Å²) in [5.74, 6) is -0.501. The van der Waals surface area contributed by atoms with Crippen LogP contribution in [0.15, 0.2) is 30.5 Å². The van der Waals surface area contributed by atoms with E-state index in [1.165, 1.54) is 11.3 Å². The quantitative estimate of drug-likeness (QED) is 0.715. The lowest BCUT2D eigenvalue weighted by Gasteiger charge is -2.22. The average molecular weight is 413 g/mol. The van der Waals surface area contributed by atoms with Crippen molar-refractivity contribution < 1.29 is 24.2 Å². The molecule has 1 atom stereocenters. The Hall–Kier alpha value is -2.32. The highest BCUT2D eigenvalue weighted by Gasteiger charge is 2.24. The molecule has 1 aromatic carbocycles. The minimum Gasteiger partial charge on any atom is -0.488 e. The molecule has 0 aliphatic carbocycles. The van der Waals surface area contributed by atoms with Gasteiger partial charge in [-0.3, -0.25) is 0 Å². The van der Waals surface area contributed by atoms with Crippen LogP contribution in [0.1, 0.15) is 31.2 Å². The number of nitrogens with zero attached hydrogens (tertiary/aromatic N) is 1. The third-order valence-electron chi connectivity index (χ3n) is 3.26. The highest BCUT2D eigenvalue weighted by molar-refractivity contribution is 7.15. The number of carboxylic acid groups (broad SMARTS) is 1. The lowest BCUT2D eigenvalue weighted by Crippen LogP contribution is -2.44. The topological polar surface area (TPSA) is 97.8 Å². The molecule has 1 heterocycles. The van der Waals surface area contributed by atoms with Crippen LogP contribution >= 0.6 is 22.9 Å². The number of benzene rings is 1. The highest BCUT2D eigenvalue weighted by Crippen LogP contribution is 2.20. The predicted molar refractivity (Wildman–Crippen MR) is 102 cm³/mol. The molecular formula is C18H21ClN2O5S. The summed E-state index contributed by atoms with van der Waals surface area (Å²) < 4.78 is 11.2. The van der Waals surface area contributed by atoms with Crippen molar-refractivity contribution >= 4 is 35.0 Å². The van der Waals surface area contributed by atoms with Gasteiger partial charge in [-0.05, 0) is 38.5 Å². The van der Waals surface area contributed by atoms with Gasteiger partial charge in [-0.15, -0.1) is 11.3 Å². The number of hydrogen-bond acceptors (Lipinski definition) is 6. The third kappa shape index (κ3) is 7.44. The van der Waals surface area contributed by atoms with Crippen LogP contribution in [0.5, 0.6) is 5.75 Å². The molecule has 2 aromatic rings. The van der Waals surface area contributed by atoms with E-state index < -0.39 is 23.7 Å². The molecule has 0 saturated carbocycles. The molecule has 2 rings (SSSR count). The lowest BCUT2D eigenvalue weighted by atomic mass is 10.1. The molecule has 0 fully saturated rings. The first-order valence-electron chi connectivity index (χ1n) is 8.16. The number of halogens is 1. The Morgan fingerprint density at radius 2 is 1.96 bits per heavy atom. The largest absolute Gasteiger partial charge is 0.488 e. The van der Waals surface area contributed by atoms with Gasteiger partial charge in [-0.25, -0.2) is 14.6 Å². The maximum absolute atomic E-state index is 11.8. The third-order valence-corrected chi connectivity index (χ3v) is 4.35. The summed E-state index contributed by atoms with van der Waals surface area (Å²) in [5.41, 5.74) is 0.0423. The molecule has 27 heavy (non-hydrogen) atoms. The smallest absolute Gasteiger partial charge is 0.408 e. The van der Waals surface area contributed by atoms with E-state index in [4.69, 9.17) is 21.1 Å². The van der Waals surface area contributed by atoms with Crippen LogP contribution in [0.4, 0.5) is 4.79 Å². The summed E-state index contributed by atoms with van der Waals surface area (Å²) in [6.07, 6.45) is 1.01. The van der Waals surface area contributed by atoms with Gasteiger partial charge >= 0.3 is 12.1 Å². The minimum atomic E-state index is -1.14. The van der Waals surface area contributed by atoms with Crippen LogP contribution in [0.25, 0.3) is 0 Å². The van der Waals surface area contributed by atoms with Crippen molar-refractivity contribution in [1.29, 1.82) is 0 Å². The van der Waals surface area contributed by atoms with E-state index in [2.05, 4.69) is 10.3 Å². The molecule has 0 bridgehead atoms. The summed E-state index contributed by atoms with van der Waals surface area (Å²) in [5, 5.41) is 11.7. The summed E-state index contributed by atoms with van der Waals surface area (Å²) in [6.45, 7) is 5.48. The normalized spacial score (nSPS) is 12.3. The Labute approximate surface area is 166 Å². The number of carbonyl (C=O) groups excluding carboxylic acids is 1. The zero-order chi connectivity index (χ0) is 20.0. The van der Waals surface area contributed by atoms with Crippen molar-refractivity contribution in [2.45, 2.75) is 45.4 Å². The second kappa shape index (κ2) is 9.05. The van der Waals surface area contributed by atoms with Crippen LogP contribution in [0.3, 0.4) is 0 Å². The van der Waals surface area contributed by atoms with E-state index >= 15 is 0 Å². The first-order valence-corrected chi connectivity index (χ1v) is 9.36. The predicted octanol–water partition coefficient (Wildman–Crippen LogP) is 3.90. The molecule has 0 saturated heterocycles. The number of carbonyl (C=O) groups is 2. The fourth-order valence-corrected chi connectivity index (χ4v) is 3.00. The number of alkyl carbamates (subject to hydrolysis) is 1. The number of carboxylic acids is 1. The number of ether oxygens (including phenoxy) is 2. The van der Waals surface area contributed by atoms with Crippen molar-refractivity contribution in [1.82, 2.24) is 10.3 Å². The molecule has 0 aliphatic heterocycles. The van der Waals surface area contributed by atoms with E-state index in [0.29, 0.717) is 16.8 Å². The molecule has 0 radical (unpaired) electrons. The SMILES string of the molecule is CC(C)(C)OC(=O)NC(Cc1ccc(OCc2cnc(Cl)s2)cc1)C(=O)O. The van der Waals surface area contributed by atoms with Crippen LogP contribution in [0, 0.1) is 0 Å². The van der Waals surface area contributed by atoms with Gasteiger partial charge in [0.2, 0.25) is 0 Å². The second-order valence-electron chi connectivity index (χ2n) is 6.75. The Morgan fingerprint density at radius 1 is 1.30 bits per heavy atom.